The van der Waals surface area contributed by atoms with E-state index >= 15 is 0 Å². The number of hydrogen-bond donors (Lipinski definition) is 1. The zero-order valence-electron chi connectivity index (χ0n) is 13.0. The normalized spacial score (nSPS) is 19.8. The third-order valence-corrected chi connectivity index (χ3v) is 3.42. The molecule has 1 N–H and O–H groups in total. The van der Waals surface area contributed by atoms with E-state index in [4.69, 9.17) is 0 Å². The molecule has 2 atom stereocenters. The largest absolute Gasteiger partial charge is 2.00 e. The van der Waals surface area contributed by atoms with Crippen LogP contribution in [0.1, 0.15) is 18.5 Å². The standard InChI is InChI=1S/C15H15N2.C5H5.Fe/c1-12(13-7-3-2-4-8-13)17-15(11-16)14-9-5-6-10-14;1-2-4-5-3-1;/h2-10,12,15,17H,1H3;1-5H;/q;;+2/t12-,15?;;/m0../s1. The van der Waals surface area contributed by atoms with Crippen LogP contribution in [-0.2, 0) is 17.1 Å². The molecule has 10 radical (unpaired) electrons. The first-order valence-electron chi connectivity index (χ1n) is 7.40. The molecule has 116 valence electrons. The van der Waals surface area contributed by atoms with E-state index in [9.17, 15) is 5.26 Å². The van der Waals surface area contributed by atoms with Crippen molar-refractivity contribution in [3.8, 4) is 6.07 Å². The molecular formula is C20H20FeN2+2. The van der Waals surface area contributed by atoms with E-state index < -0.39 is 0 Å². The second kappa shape index (κ2) is 11.7. The third-order valence-electron chi connectivity index (χ3n) is 3.42. The summed E-state index contributed by atoms with van der Waals surface area (Å²) in [6.45, 7) is 2.07. The van der Waals surface area contributed by atoms with Crippen molar-refractivity contribution in [3.05, 3.63) is 99.6 Å². The van der Waals surface area contributed by atoms with Gasteiger partial charge in [-0.3, -0.25) is 5.32 Å². The van der Waals surface area contributed by atoms with E-state index in [1.807, 2.05) is 76.0 Å². The van der Waals surface area contributed by atoms with Crippen LogP contribution in [0.2, 0.25) is 0 Å². The predicted molar refractivity (Wildman–Crippen MR) is 89.3 cm³/mol. The SMILES string of the molecule is C[C@H](NC(C#N)[C]1[CH][CH][CH][CH]1)c1ccccc1.[CH]1[CH][CH][CH][CH]1.[Fe+2]. The molecule has 2 saturated carbocycles. The van der Waals surface area contributed by atoms with E-state index in [0.717, 1.165) is 5.92 Å². The number of nitrogens with one attached hydrogen (secondary N) is 1. The summed E-state index contributed by atoms with van der Waals surface area (Å²) in [4.78, 5) is 0. The summed E-state index contributed by atoms with van der Waals surface area (Å²) in [7, 11) is 0. The van der Waals surface area contributed by atoms with Crippen LogP contribution >= 0.6 is 0 Å². The van der Waals surface area contributed by atoms with Crippen molar-refractivity contribution in [2.75, 3.05) is 0 Å². The van der Waals surface area contributed by atoms with Crippen LogP contribution in [0.5, 0.6) is 0 Å². The maximum absolute atomic E-state index is 9.18. The van der Waals surface area contributed by atoms with Crippen molar-refractivity contribution in [1.82, 2.24) is 5.32 Å². The quantitative estimate of drug-likeness (QED) is 0.847. The zero-order valence-corrected chi connectivity index (χ0v) is 14.1. The minimum absolute atomic E-state index is 0. The van der Waals surface area contributed by atoms with Crippen LogP contribution < -0.4 is 5.32 Å². The van der Waals surface area contributed by atoms with Gasteiger partial charge in [-0.15, -0.1) is 0 Å². The Labute approximate surface area is 152 Å². The molecule has 1 aromatic carbocycles. The maximum atomic E-state index is 9.18. The van der Waals surface area contributed by atoms with Crippen LogP contribution in [0, 0.1) is 75.0 Å². The van der Waals surface area contributed by atoms with Crippen molar-refractivity contribution < 1.29 is 17.1 Å². The van der Waals surface area contributed by atoms with Crippen molar-refractivity contribution >= 4 is 0 Å². The monoisotopic (exact) mass is 344 g/mol. The van der Waals surface area contributed by atoms with Gasteiger partial charge in [0.05, 0.1) is 6.07 Å². The molecule has 2 aliphatic rings. The Bertz CT molecular complexity index is 437. The molecule has 3 rings (SSSR count). The van der Waals surface area contributed by atoms with E-state index in [-0.39, 0.29) is 29.2 Å². The summed E-state index contributed by atoms with van der Waals surface area (Å²) in [5.41, 5.74) is 1.19. The van der Waals surface area contributed by atoms with Crippen LogP contribution in [0.25, 0.3) is 0 Å². The Morgan fingerprint density at radius 3 is 1.87 bits per heavy atom. The second-order valence-corrected chi connectivity index (χ2v) is 5.04. The Balaban J connectivity index is 0.000000377. The molecule has 2 fully saturated rings. The number of nitrogens with zero attached hydrogens (tertiary/aromatic N) is 1. The molecule has 0 amide bonds. The average Bonchev–Trinajstić information content (AvgIpc) is 3.28. The van der Waals surface area contributed by atoms with Gasteiger partial charge in [0, 0.05) is 12.0 Å². The minimum Gasteiger partial charge on any atom is -0.295 e. The second-order valence-electron chi connectivity index (χ2n) is 5.04. The summed E-state index contributed by atoms with van der Waals surface area (Å²) in [5.74, 6) is 1.02. The smallest absolute Gasteiger partial charge is 0.295 e. The van der Waals surface area contributed by atoms with E-state index in [1.165, 1.54) is 5.56 Å². The van der Waals surface area contributed by atoms with Gasteiger partial charge in [0.25, 0.3) is 0 Å². The van der Waals surface area contributed by atoms with Gasteiger partial charge >= 0.3 is 17.1 Å². The molecular weight excluding hydrogens is 324 g/mol. The first-order valence-corrected chi connectivity index (χ1v) is 7.40. The number of benzene rings is 1. The van der Waals surface area contributed by atoms with Gasteiger partial charge in [-0.05, 0) is 70.3 Å². The number of hydrogen-bond acceptors (Lipinski definition) is 2. The predicted octanol–water partition coefficient (Wildman–Crippen LogP) is 3.65. The van der Waals surface area contributed by atoms with E-state index in [0.29, 0.717) is 0 Å². The molecule has 0 bridgehead atoms. The van der Waals surface area contributed by atoms with Gasteiger partial charge in [-0.2, -0.15) is 5.26 Å². The molecule has 2 nitrogen and oxygen atoms in total. The Kier molecular flexibility index (Phi) is 10.3. The molecule has 1 unspecified atom stereocenters. The molecule has 23 heavy (non-hydrogen) atoms. The molecule has 0 heterocycles. The Hall–Kier alpha value is -0.811. The Morgan fingerprint density at radius 2 is 1.39 bits per heavy atom. The maximum Gasteiger partial charge on any atom is 2.00 e. The molecule has 2 aliphatic carbocycles. The van der Waals surface area contributed by atoms with E-state index in [2.05, 4.69) is 30.4 Å². The van der Waals surface area contributed by atoms with Crippen LogP contribution in [0.15, 0.2) is 30.3 Å². The summed E-state index contributed by atoms with van der Waals surface area (Å²) < 4.78 is 0. The van der Waals surface area contributed by atoms with Crippen LogP contribution in [-0.4, -0.2) is 6.04 Å². The van der Waals surface area contributed by atoms with Crippen molar-refractivity contribution in [1.29, 1.82) is 5.26 Å². The number of rotatable bonds is 4. The van der Waals surface area contributed by atoms with Gasteiger partial charge in [-0.1, -0.05) is 30.3 Å². The van der Waals surface area contributed by atoms with Gasteiger partial charge < -0.3 is 0 Å². The molecule has 3 heteroatoms. The molecule has 0 spiro atoms. The van der Waals surface area contributed by atoms with Crippen molar-refractivity contribution in [3.63, 3.8) is 0 Å². The first kappa shape index (κ1) is 20.2. The summed E-state index contributed by atoms with van der Waals surface area (Å²) in [6.07, 6.45) is 17.8. The van der Waals surface area contributed by atoms with Gasteiger partial charge in [0.15, 0.2) is 0 Å². The van der Waals surface area contributed by atoms with E-state index in [1.54, 1.807) is 0 Å². The third kappa shape index (κ3) is 7.08. The van der Waals surface area contributed by atoms with Gasteiger partial charge in [0.2, 0.25) is 0 Å². The van der Waals surface area contributed by atoms with Crippen molar-refractivity contribution in [2.45, 2.75) is 19.0 Å². The zero-order chi connectivity index (χ0) is 15.6. The Morgan fingerprint density at radius 1 is 0.870 bits per heavy atom. The van der Waals surface area contributed by atoms with Crippen molar-refractivity contribution in [2.24, 2.45) is 0 Å². The minimum atomic E-state index is -0.250. The average molecular weight is 344 g/mol. The molecule has 0 aliphatic heterocycles. The molecule has 0 aromatic heterocycles. The first-order chi connectivity index (χ1) is 10.8. The van der Waals surface area contributed by atoms with Crippen LogP contribution in [0.4, 0.5) is 0 Å². The summed E-state index contributed by atoms with van der Waals surface area (Å²) in [6, 6.07) is 12.4. The van der Waals surface area contributed by atoms with Gasteiger partial charge in [-0.25, -0.2) is 0 Å². The fourth-order valence-corrected chi connectivity index (χ4v) is 2.20. The summed E-state index contributed by atoms with van der Waals surface area (Å²) in [5, 5.41) is 12.5. The molecule has 1 aromatic rings. The fourth-order valence-electron chi connectivity index (χ4n) is 2.20. The topological polar surface area (TPSA) is 35.8 Å². The van der Waals surface area contributed by atoms with Gasteiger partial charge in [0.1, 0.15) is 6.04 Å². The molecule has 0 saturated heterocycles. The number of nitriles is 1. The summed E-state index contributed by atoms with van der Waals surface area (Å²) >= 11 is 0. The fraction of sp³-hybridized carbons (Fsp3) is 0.150. The van der Waals surface area contributed by atoms with Crippen LogP contribution in [0.3, 0.4) is 0 Å².